The summed E-state index contributed by atoms with van der Waals surface area (Å²) in [7, 11) is -2.67. The SMILES string of the molecule is CCCCCCCCCCCCCCCC(=O)O.[Cu+2].[O-]B([O-])O. The van der Waals surface area contributed by atoms with E-state index in [4.69, 9.17) is 20.2 Å². The van der Waals surface area contributed by atoms with Gasteiger partial charge in [0.05, 0.1) is 7.32 Å². The maximum Gasteiger partial charge on any atom is 2.00 e. The van der Waals surface area contributed by atoms with Crippen LogP contribution in [0.25, 0.3) is 0 Å². The van der Waals surface area contributed by atoms with Crippen LogP contribution in [-0.4, -0.2) is 23.4 Å². The molecule has 5 nitrogen and oxygen atoms in total. The van der Waals surface area contributed by atoms with E-state index < -0.39 is 13.3 Å². The Morgan fingerprint density at radius 3 is 1.30 bits per heavy atom. The molecule has 0 atom stereocenters. The Labute approximate surface area is 152 Å². The van der Waals surface area contributed by atoms with Crippen LogP contribution in [0.5, 0.6) is 0 Å². The van der Waals surface area contributed by atoms with Gasteiger partial charge in [0.15, 0.2) is 0 Å². The minimum atomic E-state index is -2.67. The van der Waals surface area contributed by atoms with Crippen molar-refractivity contribution in [2.24, 2.45) is 0 Å². The Morgan fingerprint density at radius 2 is 1.04 bits per heavy atom. The van der Waals surface area contributed by atoms with Gasteiger partial charge >= 0.3 is 23.0 Å². The molecule has 0 spiro atoms. The van der Waals surface area contributed by atoms with E-state index in [1.54, 1.807) is 0 Å². The van der Waals surface area contributed by atoms with E-state index in [1.807, 2.05) is 0 Å². The third-order valence-electron chi connectivity index (χ3n) is 3.49. The number of rotatable bonds is 14. The summed E-state index contributed by atoms with van der Waals surface area (Å²) >= 11 is 0. The predicted molar refractivity (Wildman–Crippen MR) is 85.9 cm³/mol. The van der Waals surface area contributed by atoms with E-state index >= 15 is 0 Å². The fraction of sp³-hybridized carbons (Fsp3) is 0.938. The summed E-state index contributed by atoms with van der Waals surface area (Å²) in [5, 5.41) is 32.5. The van der Waals surface area contributed by atoms with E-state index in [0.717, 1.165) is 12.8 Å². The molecule has 0 unspecified atom stereocenters. The van der Waals surface area contributed by atoms with Crippen molar-refractivity contribution in [1.29, 1.82) is 0 Å². The zero-order valence-electron chi connectivity index (χ0n) is 14.4. The van der Waals surface area contributed by atoms with Gasteiger partial charge in [-0.25, -0.2) is 0 Å². The maximum absolute atomic E-state index is 10.3. The standard InChI is InChI=1S/C16H32O2.BHO3.Cu/c1-2-3-4-5-6-7-8-9-10-11-12-13-14-15-16(17)18;2-1(3)4;/h2-15H2,1H3,(H,17,18);2H;/q;-2;+2. The Morgan fingerprint density at radius 1 is 0.783 bits per heavy atom. The van der Waals surface area contributed by atoms with Gasteiger partial charge in [-0.15, -0.1) is 0 Å². The minimum Gasteiger partial charge on any atom is -0.871 e. The van der Waals surface area contributed by atoms with E-state index in [9.17, 15) is 4.79 Å². The second-order valence-electron chi connectivity index (χ2n) is 5.69. The van der Waals surface area contributed by atoms with Gasteiger partial charge in [0.2, 0.25) is 0 Å². The van der Waals surface area contributed by atoms with Crippen LogP contribution in [0.4, 0.5) is 0 Å². The average Bonchev–Trinajstić information content (AvgIpc) is 2.43. The van der Waals surface area contributed by atoms with Gasteiger partial charge in [-0.05, 0) is 6.42 Å². The maximum atomic E-state index is 10.3. The molecule has 0 aromatic rings. The number of hydrogen-bond acceptors (Lipinski definition) is 4. The fourth-order valence-electron chi connectivity index (χ4n) is 2.29. The van der Waals surface area contributed by atoms with Crippen LogP contribution in [-0.2, 0) is 21.9 Å². The Hall–Kier alpha value is -0.0656. The minimum absolute atomic E-state index is 0. The first kappa shape index (κ1) is 27.8. The first-order valence-electron chi connectivity index (χ1n) is 8.72. The monoisotopic (exact) mass is 379 g/mol. The van der Waals surface area contributed by atoms with Crippen molar-refractivity contribution >= 4 is 13.3 Å². The summed E-state index contributed by atoms with van der Waals surface area (Å²) < 4.78 is 0. The molecule has 0 bridgehead atoms. The van der Waals surface area contributed by atoms with Crippen LogP contribution < -0.4 is 10.0 Å². The molecule has 0 aliphatic carbocycles. The van der Waals surface area contributed by atoms with E-state index in [1.165, 1.54) is 70.6 Å². The van der Waals surface area contributed by atoms with Crippen LogP contribution in [0.3, 0.4) is 0 Å². The van der Waals surface area contributed by atoms with Gasteiger partial charge in [0, 0.05) is 6.42 Å². The molecule has 0 saturated carbocycles. The summed E-state index contributed by atoms with van der Waals surface area (Å²) in [6, 6.07) is 0. The molecular weight excluding hydrogens is 347 g/mol. The van der Waals surface area contributed by atoms with Gasteiger partial charge in [0.1, 0.15) is 0 Å². The molecule has 0 amide bonds. The molecule has 0 fully saturated rings. The second kappa shape index (κ2) is 24.2. The van der Waals surface area contributed by atoms with Crippen molar-refractivity contribution in [2.45, 2.75) is 96.8 Å². The Bertz CT molecular complexity index is 228. The van der Waals surface area contributed by atoms with E-state index in [-0.39, 0.29) is 17.1 Å². The molecule has 0 aliphatic heterocycles. The molecule has 0 saturated heterocycles. The number of carboxylic acid groups (broad SMARTS) is 1. The second-order valence-corrected chi connectivity index (χ2v) is 5.69. The summed E-state index contributed by atoms with van der Waals surface area (Å²) in [6.45, 7) is 2.26. The fourth-order valence-corrected chi connectivity index (χ4v) is 2.29. The van der Waals surface area contributed by atoms with Crippen LogP contribution in [0.1, 0.15) is 96.8 Å². The third-order valence-corrected chi connectivity index (χ3v) is 3.49. The van der Waals surface area contributed by atoms with Gasteiger partial charge < -0.3 is 20.2 Å². The number of carbonyl (C=O) groups is 1. The van der Waals surface area contributed by atoms with Crippen LogP contribution in [0.2, 0.25) is 0 Å². The zero-order chi connectivity index (χ0) is 17.1. The predicted octanol–water partition coefficient (Wildman–Crippen LogP) is 2.23. The molecule has 141 valence electrons. The normalized spacial score (nSPS) is 9.57. The summed E-state index contributed by atoms with van der Waals surface area (Å²) in [4.78, 5) is 10.3. The summed E-state index contributed by atoms with van der Waals surface area (Å²) in [5.74, 6) is -0.655. The first-order chi connectivity index (χ1) is 10.5. The molecule has 0 rings (SSSR count). The number of carboxylic acids is 1. The topological polar surface area (TPSA) is 104 Å². The largest absolute Gasteiger partial charge is 2.00 e. The van der Waals surface area contributed by atoms with Gasteiger partial charge in [-0.2, -0.15) is 0 Å². The Balaban J connectivity index is -0.000000712. The number of hydrogen-bond donors (Lipinski definition) is 2. The van der Waals surface area contributed by atoms with Crippen molar-refractivity contribution in [3.05, 3.63) is 0 Å². The molecule has 23 heavy (non-hydrogen) atoms. The first-order valence-corrected chi connectivity index (χ1v) is 8.72. The number of aliphatic carboxylic acids is 1. The van der Waals surface area contributed by atoms with Crippen molar-refractivity contribution in [1.82, 2.24) is 0 Å². The molecule has 1 radical (unpaired) electrons. The van der Waals surface area contributed by atoms with Crippen LogP contribution >= 0.6 is 0 Å². The molecule has 7 heteroatoms. The molecule has 0 heterocycles. The van der Waals surface area contributed by atoms with Crippen molar-refractivity contribution in [3.8, 4) is 0 Å². The molecule has 2 N–H and O–H groups in total. The Kier molecular flexibility index (Phi) is 29.2. The van der Waals surface area contributed by atoms with E-state index in [0.29, 0.717) is 6.42 Å². The third kappa shape index (κ3) is 39.1. The molecule has 0 aromatic heterocycles. The average molecular weight is 380 g/mol. The zero-order valence-corrected chi connectivity index (χ0v) is 15.3. The number of unbranched alkanes of at least 4 members (excludes halogenated alkanes) is 12. The van der Waals surface area contributed by atoms with Crippen molar-refractivity contribution < 1.29 is 42.0 Å². The summed E-state index contributed by atoms with van der Waals surface area (Å²) in [6.07, 6.45) is 17.3. The van der Waals surface area contributed by atoms with Gasteiger partial charge in [0.25, 0.3) is 0 Å². The van der Waals surface area contributed by atoms with Crippen LogP contribution in [0, 0.1) is 0 Å². The molecule has 0 aromatic carbocycles. The quantitative estimate of drug-likeness (QED) is 0.356. The van der Waals surface area contributed by atoms with Crippen molar-refractivity contribution in [3.63, 3.8) is 0 Å². The van der Waals surface area contributed by atoms with Gasteiger partial charge in [-0.3, -0.25) is 4.79 Å². The van der Waals surface area contributed by atoms with Crippen molar-refractivity contribution in [2.75, 3.05) is 0 Å². The van der Waals surface area contributed by atoms with Gasteiger partial charge in [-0.1, -0.05) is 84.0 Å². The van der Waals surface area contributed by atoms with Crippen LogP contribution in [0.15, 0.2) is 0 Å². The molecular formula is C16H33BCuO5. The summed E-state index contributed by atoms with van der Waals surface area (Å²) in [5.41, 5.74) is 0. The molecule has 0 aliphatic rings. The smallest absolute Gasteiger partial charge is 0.871 e. The van der Waals surface area contributed by atoms with E-state index in [2.05, 4.69) is 6.92 Å².